The van der Waals surface area contributed by atoms with Gasteiger partial charge in [-0.15, -0.1) is 11.8 Å². The lowest BCUT2D eigenvalue weighted by Crippen LogP contribution is -2.50. The molecular formula is C37H46N4O2S. The summed E-state index contributed by atoms with van der Waals surface area (Å²) in [6.07, 6.45) is 6.60. The molecule has 1 aliphatic rings. The molecule has 0 spiro atoms. The first kappa shape index (κ1) is 31.7. The van der Waals surface area contributed by atoms with E-state index in [1.807, 2.05) is 43.6 Å². The van der Waals surface area contributed by atoms with Crippen LogP contribution >= 0.6 is 11.8 Å². The van der Waals surface area contributed by atoms with Crippen LogP contribution in [0.25, 0.3) is 22.0 Å². The number of rotatable bonds is 11. The number of nitrogens with zero attached hydrogens (tertiary/aromatic N) is 3. The summed E-state index contributed by atoms with van der Waals surface area (Å²) >= 11 is 1.95. The Morgan fingerprint density at radius 2 is 1.66 bits per heavy atom. The SMILES string of the molecule is Cc1cc(NCCCCCCSc2cccc3ncc(-c4ccccc4)cc23)ccc1N1CCN(C(=O)OC(C)(C)C)CC1. The summed E-state index contributed by atoms with van der Waals surface area (Å²) in [6.45, 7) is 11.9. The van der Waals surface area contributed by atoms with Gasteiger partial charge in [0.15, 0.2) is 0 Å². The molecule has 6 nitrogen and oxygen atoms in total. The number of pyridine rings is 1. The summed E-state index contributed by atoms with van der Waals surface area (Å²) < 4.78 is 5.54. The molecule has 0 radical (unpaired) electrons. The fourth-order valence-corrected chi connectivity index (χ4v) is 6.67. The van der Waals surface area contributed by atoms with Crippen LogP contribution in [0.5, 0.6) is 0 Å². The van der Waals surface area contributed by atoms with Crippen LogP contribution in [0.15, 0.2) is 83.9 Å². The van der Waals surface area contributed by atoms with E-state index in [4.69, 9.17) is 9.72 Å². The Hall–Kier alpha value is -3.71. The van der Waals surface area contributed by atoms with Crippen LogP contribution in [-0.2, 0) is 4.74 Å². The van der Waals surface area contributed by atoms with Gasteiger partial charge >= 0.3 is 6.09 Å². The molecule has 2 heterocycles. The van der Waals surface area contributed by atoms with Crippen molar-refractivity contribution in [3.8, 4) is 11.1 Å². The molecule has 0 atom stereocenters. The second-order valence-corrected chi connectivity index (χ2v) is 13.7. The van der Waals surface area contributed by atoms with Gasteiger partial charge in [0.1, 0.15) is 5.60 Å². The Bertz CT molecular complexity index is 1530. The smallest absolute Gasteiger partial charge is 0.410 e. The van der Waals surface area contributed by atoms with Crippen molar-refractivity contribution in [2.24, 2.45) is 0 Å². The normalized spacial score (nSPS) is 13.7. The van der Waals surface area contributed by atoms with Gasteiger partial charge in [-0.1, -0.05) is 49.2 Å². The molecule has 0 saturated carbocycles. The standard InChI is InChI=1S/C37H46N4O2S/c1-28-25-31(17-18-34(28)40-20-22-41(23-21-40)36(42)43-37(2,3)4)38-19-10-5-6-11-24-44-35-16-12-15-33-32(35)26-30(27-39-33)29-13-8-7-9-14-29/h7-9,12-18,25-27,38H,5-6,10-11,19-24H2,1-4H3. The molecule has 1 fully saturated rings. The highest BCUT2D eigenvalue weighted by Crippen LogP contribution is 2.31. The Kier molecular flexibility index (Phi) is 10.7. The third kappa shape index (κ3) is 8.69. The topological polar surface area (TPSA) is 57.7 Å². The van der Waals surface area contributed by atoms with Gasteiger partial charge in [0.2, 0.25) is 0 Å². The first-order chi connectivity index (χ1) is 21.3. The van der Waals surface area contributed by atoms with Gasteiger partial charge in [0, 0.05) is 66.1 Å². The molecule has 44 heavy (non-hydrogen) atoms. The number of thioether (sulfide) groups is 1. The third-order valence-corrected chi connectivity index (χ3v) is 9.08. The number of benzene rings is 3. The number of piperazine rings is 1. The number of carbonyl (C=O) groups is 1. The molecule has 1 aliphatic heterocycles. The molecule has 0 aliphatic carbocycles. The number of ether oxygens (including phenoxy) is 1. The minimum atomic E-state index is -0.461. The molecule has 1 saturated heterocycles. The lowest BCUT2D eigenvalue weighted by atomic mass is 10.1. The summed E-state index contributed by atoms with van der Waals surface area (Å²) in [6, 6.07) is 25.9. The van der Waals surface area contributed by atoms with Gasteiger partial charge < -0.3 is 19.9 Å². The maximum absolute atomic E-state index is 12.4. The lowest BCUT2D eigenvalue weighted by molar-refractivity contribution is 0.0240. The average Bonchev–Trinajstić information content (AvgIpc) is 3.02. The first-order valence-corrected chi connectivity index (χ1v) is 16.9. The third-order valence-electron chi connectivity index (χ3n) is 7.92. The number of hydrogen-bond donors (Lipinski definition) is 1. The van der Waals surface area contributed by atoms with Crippen molar-refractivity contribution >= 4 is 40.1 Å². The molecule has 4 aromatic rings. The second kappa shape index (κ2) is 14.8. The van der Waals surface area contributed by atoms with E-state index < -0.39 is 5.60 Å². The van der Waals surface area contributed by atoms with E-state index >= 15 is 0 Å². The predicted octanol–water partition coefficient (Wildman–Crippen LogP) is 9.03. The number of aromatic nitrogens is 1. The molecule has 3 aromatic carbocycles. The molecule has 1 N–H and O–H groups in total. The van der Waals surface area contributed by atoms with Crippen LogP contribution in [-0.4, -0.2) is 60.1 Å². The van der Waals surface area contributed by atoms with E-state index in [1.165, 1.54) is 57.6 Å². The van der Waals surface area contributed by atoms with Crippen LogP contribution in [0.1, 0.15) is 52.0 Å². The second-order valence-electron chi connectivity index (χ2n) is 12.6. The number of aryl methyl sites for hydroxylation is 1. The maximum Gasteiger partial charge on any atom is 0.410 e. The molecule has 7 heteroatoms. The van der Waals surface area contributed by atoms with Crippen molar-refractivity contribution in [3.63, 3.8) is 0 Å². The first-order valence-electron chi connectivity index (χ1n) is 15.9. The van der Waals surface area contributed by atoms with Crippen molar-refractivity contribution in [3.05, 3.63) is 84.6 Å². The van der Waals surface area contributed by atoms with Gasteiger partial charge in [0.05, 0.1) is 5.52 Å². The Morgan fingerprint density at radius 3 is 2.41 bits per heavy atom. The summed E-state index contributed by atoms with van der Waals surface area (Å²) in [5, 5.41) is 4.86. The number of anilines is 2. The Labute approximate surface area is 267 Å². The molecular weight excluding hydrogens is 565 g/mol. The van der Waals surface area contributed by atoms with E-state index in [-0.39, 0.29) is 6.09 Å². The predicted molar refractivity (Wildman–Crippen MR) is 186 cm³/mol. The minimum absolute atomic E-state index is 0.216. The lowest BCUT2D eigenvalue weighted by Gasteiger charge is -2.37. The zero-order valence-electron chi connectivity index (χ0n) is 26.6. The molecule has 1 amide bonds. The zero-order chi connectivity index (χ0) is 30.9. The average molecular weight is 611 g/mol. The van der Waals surface area contributed by atoms with Crippen molar-refractivity contribution in [2.75, 3.05) is 48.7 Å². The molecule has 0 bridgehead atoms. The molecule has 1 aromatic heterocycles. The number of nitrogens with one attached hydrogen (secondary N) is 1. The molecule has 0 unspecified atom stereocenters. The van der Waals surface area contributed by atoms with Gasteiger partial charge in [-0.05, 0) is 93.8 Å². The highest BCUT2D eigenvalue weighted by molar-refractivity contribution is 7.99. The van der Waals surface area contributed by atoms with Crippen LogP contribution in [0, 0.1) is 6.92 Å². The summed E-state index contributed by atoms with van der Waals surface area (Å²) in [5.41, 5.74) is 6.65. The van der Waals surface area contributed by atoms with Crippen molar-refractivity contribution in [1.29, 1.82) is 0 Å². The van der Waals surface area contributed by atoms with E-state index in [2.05, 4.69) is 89.9 Å². The zero-order valence-corrected chi connectivity index (χ0v) is 27.5. The molecule has 232 valence electrons. The van der Waals surface area contributed by atoms with E-state index in [1.54, 1.807) is 0 Å². The van der Waals surface area contributed by atoms with E-state index in [9.17, 15) is 4.79 Å². The van der Waals surface area contributed by atoms with E-state index in [0.717, 1.165) is 37.3 Å². The van der Waals surface area contributed by atoms with Gasteiger partial charge in [-0.25, -0.2) is 4.79 Å². The van der Waals surface area contributed by atoms with Gasteiger partial charge in [-0.3, -0.25) is 4.98 Å². The summed E-state index contributed by atoms with van der Waals surface area (Å²) in [4.78, 5) is 22.6. The minimum Gasteiger partial charge on any atom is -0.444 e. The quantitative estimate of drug-likeness (QED) is 0.135. The number of fused-ring (bicyclic) bond motifs is 1. The fraction of sp³-hybridized carbons (Fsp3) is 0.405. The van der Waals surface area contributed by atoms with Crippen LogP contribution in [0.3, 0.4) is 0 Å². The Balaban J connectivity index is 1.00. The molecule has 5 rings (SSSR count). The fourth-order valence-electron chi connectivity index (χ4n) is 5.61. The van der Waals surface area contributed by atoms with Crippen molar-refractivity contribution in [2.45, 2.75) is 63.9 Å². The Morgan fingerprint density at radius 1 is 0.886 bits per heavy atom. The van der Waals surface area contributed by atoms with Crippen LogP contribution < -0.4 is 10.2 Å². The number of unbranched alkanes of at least 4 members (excludes halogenated alkanes) is 3. The number of carbonyl (C=O) groups excluding carboxylic acids is 1. The van der Waals surface area contributed by atoms with Gasteiger partial charge in [0.25, 0.3) is 0 Å². The highest BCUT2D eigenvalue weighted by atomic mass is 32.2. The van der Waals surface area contributed by atoms with Crippen molar-refractivity contribution < 1.29 is 9.53 Å². The summed E-state index contributed by atoms with van der Waals surface area (Å²) in [5.74, 6) is 1.12. The van der Waals surface area contributed by atoms with Crippen molar-refractivity contribution in [1.82, 2.24) is 9.88 Å². The van der Waals surface area contributed by atoms with Gasteiger partial charge in [-0.2, -0.15) is 0 Å². The monoisotopic (exact) mass is 610 g/mol. The highest BCUT2D eigenvalue weighted by Gasteiger charge is 2.26. The largest absolute Gasteiger partial charge is 0.444 e. The van der Waals surface area contributed by atoms with Crippen LogP contribution in [0.4, 0.5) is 16.2 Å². The van der Waals surface area contributed by atoms with E-state index in [0.29, 0.717) is 13.1 Å². The van der Waals surface area contributed by atoms with Crippen LogP contribution in [0.2, 0.25) is 0 Å². The maximum atomic E-state index is 12.4. The number of hydrogen-bond acceptors (Lipinski definition) is 6. The summed E-state index contributed by atoms with van der Waals surface area (Å²) in [7, 11) is 0. The number of amides is 1.